The van der Waals surface area contributed by atoms with Crippen molar-refractivity contribution < 1.29 is 23.9 Å². The van der Waals surface area contributed by atoms with Gasteiger partial charge in [-0.2, -0.15) is 0 Å². The molecular formula is C16H19FN2O4. The number of carbonyl (C=O) groups excluding carboxylic acids is 2. The zero-order valence-electron chi connectivity index (χ0n) is 13.2. The van der Waals surface area contributed by atoms with Crippen LogP contribution in [0.15, 0.2) is 24.3 Å². The predicted octanol–water partition coefficient (Wildman–Crippen LogP) is 1.50. The molecule has 1 heterocycles. The largest absolute Gasteiger partial charge is 0.480 e. The summed E-state index contributed by atoms with van der Waals surface area (Å²) in [5.74, 6) is -3.15. The lowest BCUT2D eigenvalue weighted by atomic mass is 10.00. The summed E-state index contributed by atoms with van der Waals surface area (Å²) >= 11 is 0. The third kappa shape index (κ3) is 3.04. The zero-order valence-corrected chi connectivity index (χ0v) is 13.2. The normalized spacial score (nSPS) is 18.2. The van der Waals surface area contributed by atoms with Crippen molar-refractivity contribution in [3.63, 3.8) is 0 Å². The standard InChI is InChI=1S/C16H19FN2O4/c1-16(2,15(22)23)18(3)14(21)10-8-13(20)19(9-10)12-7-5-4-6-11(12)17/h4-7,10H,8-9H2,1-3H3,(H,22,23). The number of rotatable bonds is 4. The first-order valence-corrected chi connectivity index (χ1v) is 7.22. The Bertz CT molecular complexity index is 659. The Morgan fingerprint density at radius 3 is 2.52 bits per heavy atom. The average molecular weight is 322 g/mol. The van der Waals surface area contributed by atoms with Crippen molar-refractivity contribution in [2.24, 2.45) is 5.92 Å². The van der Waals surface area contributed by atoms with Crippen molar-refractivity contribution in [2.45, 2.75) is 25.8 Å². The molecule has 1 atom stereocenters. The van der Waals surface area contributed by atoms with E-state index < -0.39 is 29.2 Å². The van der Waals surface area contributed by atoms with Gasteiger partial charge in [0, 0.05) is 20.0 Å². The number of anilines is 1. The second kappa shape index (κ2) is 5.98. The first-order chi connectivity index (χ1) is 10.7. The van der Waals surface area contributed by atoms with Crippen LogP contribution in [0.1, 0.15) is 20.3 Å². The van der Waals surface area contributed by atoms with E-state index >= 15 is 0 Å². The Kier molecular flexibility index (Phi) is 4.40. The van der Waals surface area contributed by atoms with Gasteiger partial charge < -0.3 is 14.9 Å². The lowest BCUT2D eigenvalue weighted by Gasteiger charge is -2.33. The second-order valence-electron chi connectivity index (χ2n) is 6.12. The first kappa shape index (κ1) is 16.9. The Morgan fingerprint density at radius 2 is 1.96 bits per heavy atom. The van der Waals surface area contributed by atoms with Gasteiger partial charge in [-0.1, -0.05) is 12.1 Å². The maximum atomic E-state index is 13.8. The molecule has 0 saturated carbocycles. The highest BCUT2D eigenvalue weighted by Gasteiger charge is 2.42. The fourth-order valence-corrected chi connectivity index (χ4v) is 2.47. The van der Waals surface area contributed by atoms with Crippen molar-refractivity contribution in [3.05, 3.63) is 30.1 Å². The van der Waals surface area contributed by atoms with Gasteiger partial charge in [0.15, 0.2) is 0 Å². The summed E-state index contributed by atoms with van der Waals surface area (Å²) in [7, 11) is 1.40. The van der Waals surface area contributed by atoms with E-state index in [4.69, 9.17) is 0 Å². The highest BCUT2D eigenvalue weighted by atomic mass is 19.1. The van der Waals surface area contributed by atoms with Crippen LogP contribution < -0.4 is 4.90 Å². The monoisotopic (exact) mass is 322 g/mol. The van der Waals surface area contributed by atoms with Crippen molar-refractivity contribution in [3.8, 4) is 0 Å². The molecule has 2 amide bonds. The van der Waals surface area contributed by atoms with Gasteiger partial charge in [-0.25, -0.2) is 9.18 Å². The summed E-state index contributed by atoms with van der Waals surface area (Å²) in [6, 6.07) is 5.86. The number of amides is 2. The number of benzene rings is 1. The number of para-hydroxylation sites is 1. The molecular weight excluding hydrogens is 303 g/mol. The highest BCUT2D eigenvalue weighted by molar-refractivity contribution is 6.01. The molecule has 6 nitrogen and oxygen atoms in total. The molecule has 1 aliphatic rings. The lowest BCUT2D eigenvalue weighted by Crippen LogP contribution is -2.52. The quantitative estimate of drug-likeness (QED) is 0.911. The minimum Gasteiger partial charge on any atom is -0.480 e. The van der Waals surface area contributed by atoms with Gasteiger partial charge in [-0.15, -0.1) is 0 Å². The molecule has 2 rings (SSSR count). The first-order valence-electron chi connectivity index (χ1n) is 7.22. The molecule has 0 radical (unpaired) electrons. The van der Waals surface area contributed by atoms with E-state index in [2.05, 4.69) is 0 Å². The molecule has 1 fully saturated rings. The number of aliphatic carboxylic acids is 1. The molecule has 23 heavy (non-hydrogen) atoms. The molecule has 1 aromatic rings. The van der Waals surface area contributed by atoms with E-state index in [1.54, 1.807) is 6.07 Å². The minimum atomic E-state index is -1.38. The van der Waals surface area contributed by atoms with E-state index in [9.17, 15) is 23.9 Å². The smallest absolute Gasteiger partial charge is 0.329 e. The number of hydrogen-bond donors (Lipinski definition) is 1. The molecule has 0 aromatic heterocycles. The highest BCUT2D eigenvalue weighted by Crippen LogP contribution is 2.29. The molecule has 1 N–H and O–H groups in total. The van der Waals surface area contributed by atoms with Crippen LogP contribution in [0.4, 0.5) is 10.1 Å². The van der Waals surface area contributed by atoms with Crippen molar-refractivity contribution in [1.29, 1.82) is 0 Å². The fourth-order valence-electron chi connectivity index (χ4n) is 2.47. The predicted molar refractivity (Wildman–Crippen MR) is 81.3 cm³/mol. The Labute approximate surface area is 133 Å². The van der Waals surface area contributed by atoms with Gasteiger partial charge in [0.25, 0.3) is 0 Å². The number of hydrogen-bond acceptors (Lipinski definition) is 3. The van der Waals surface area contributed by atoms with Crippen LogP contribution in [0.3, 0.4) is 0 Å². The third-order valence-corrected chi connectivity index (χ3v) is 4.31. The molecule has 1 saturated heterocycles. The third-order valence-electron chi connectivity index (χ3n) is 4.31. The van der Waals surface area contributed by atoms with Crippen LogP contribution in [0.2, 0.25) is 0 Å². The summed E-state index contributed by atoms with van der Waals surface area (Å²) in [6.07, 6.45) is -0.0623. The lowest BCUT2D eigenvalue weighted by molar-refractivity contribution is -0.156. The van der Waals surface area contributed by atoms with Crippen molar-refractivity contribution in [2.75, 3.05) is 18.5 Å². The summed E-state index contributed by atoms with van der Waals surface area (Å²) in [5, 5.41) is 9.20. The summed E-state index contributed by atoms with van der Waals surface area (Å²) in [4.78, 5) is 38.2. The summed E-state index contributed by atoms with van der Waals surface area (Å²) in [5.41, 5.74) is -1.25. The number of nitrogens with zero attached hydrogens (tertiary/aromatic N) is 2. The SMILES string of the molecule is CN(C(=O)C1CC(=O)N(c2ccccc2F)C1)C(C)(C)C(=O)O. The number of carbonyl (C=O) groups is 3. The van der Waals surface area contributed by atoms with Gasteiger partial charge >= 0.3 is 5.97 Å². The van der Waals surface area contributed by atoms with E-state index in [-0.39, 0.29) is 24.6 Å². The number of carboxylic acid groups (broad SMARTS) is 1. The van der Waals surface area contributed by atoms with Crippen LogP contribution in [0.5, 0.6) is 0 Å². The van der Waals surface area contributed by atoms with E-state index in [0.29, 0.717) is 0 Å². The van der Waals surface area contributed by atoms with Gasteiger partial charge in [0.05, 0.1) is 11.6 Å². The van der Waals surface area contributed by atoms with Gasteiger partial charge in [-0.05, 0) is 26.0 Å². The second-order valence-corrected chi connectivity index (χ2v) is 6.12. The van der Waals surface area contributed by atoms with Crippen LogP contribution >= 0.6 is 0 Å². The summed E-state index contributed by atoms with van der Waals surface area (Å²) < 4.78 is 13.8. The van der Waals surface area contributed by atoms with Crippen LogP contribution in [0.25, 0.3) is 0 Å². The minimum absolute atomic E-state index is 0.0403. The van der Waals surface area contributed by atoms with E-state index in [1.165, 1.54) is 44.0 Å². The number of carboxylic acids is 1. The Balaban J connectivity index is 2.18. The average Bonchev–Trinajstić information content (AvgIpc) is 2.87. The van der Waals surface area contributed by atoms with Crippen LogP contribution in [-0.4, -0.2) is 46.9 Å². The molecule has 1 unspecified atom stereocenters. The van der Waals surface area contributed by atoms with Gasteiger partial charge in [-0.3, -0.25) is 9.59 Å². The van der Waals surface area contributed by atoms with Crippen LogP contribution in [-0.2, 0) is 14.4 Å². The van der Waals surface area contributed by atoms with Crippen molar-refractivity contribution >= 4 is 23.5 Å². The van der Waals surface area contributed by atoms with Gasteiger partial charge in [0.1, 0.15) is 11.4 Å². The fraction of sp³-hybridized carbons (Fsp3) is 0.438. The Morgan fingerprint density at radius 1 is 1.35 bits per heavy atom. The van der Waals surface area contributed by atoms with Gasteiger partial charge in [0.2, 0.25) is 11.8 Å². The maximum Gasteiger partial charge on any atom is 0.329 e. The number of likely N-dealkylation sites (N-methyl/N-ethyl adjacent to an activating group) is 1. The maximum absolute atomic E-state index is 13.8. The Hall–Kier alpha value is -2.44. The summed E-state index contributed by atoms with van der Waals surface area (Å²) in [6.45, 7) is 2.87. The molecule has 0 spiro atoms. The van der Waals surface area contributed by atoms with E-state index in [1.807, 2.05) is 0 Å². The number of halogens is 1. The zero-order chi connectivity index (χ0) is 17.4. The topological polar surface area (TPSA) is 77.9 Å². The van der Waals surface area contributed by atoms with E-state index in [0.717, 1.165) is 4.90 Å². The molecule has 7 heteroatoms. The molecule has 1 aliphatic heterocycles. The van der Waals surface area contributed by atoms with Crippen LogP contribution in [0, 0.1) is 11.7 Å². The molecule has 1 aromatic carbocycles. The molecule has 0 aliphatic carbocycles. The molecule has 124 valence electrons. The van der Waals surface area contributed by atoms with Crippen molar-refractivity contribution in [1.82, 2.24) is 4.90 Å². The molecule has 0 bridgehead atoms.